The smallest absolute Gasteiger partial charge is 0.311 e. The molecule has 0 amide bonds. The van der Waals surface area contributed by atoms with Crippen LogP contribution in [0.4, 0.5) is 0 Å². The van der Waals surface area contributed by atoms with Crippen LogP contribution in [0.5, 0.6) is 11.5 Å². The van der Waals surface area contributed by atoms with Gasteiger partial charge in [0.25, 0.3) is 10.2 Å². The Bertz CT molecular complexity index is 736. The summed E-state index contributed by atoms with van der Waals surface area (Å²) >= 11 is 0. The Kier molecular flexibility index (Phi) is 13.4. The Morgan fingerprint density at radius 3 is 1.93 bits per heavy atom. The molecule has 0 unspecified atom stereocenters. The summed E-state index contributed by atoms with van der Waals surface area (Å²) in [5.41, 5.74) is 0.386. The van der Waals surface area contributed by atoms with Gasteiger partial charge in [-0.15, -0.1) is 20.2 Å². The van der Waals surface area contributed by atoms with Crippen LogP contribution in [0.3, 0.4) is 0 Å². The van der Waals surface area contributed by atoms with Gasteiger partial charge in [0.05, 0.1) is 13.2 Å². The molecule has 0 saturated carbocycles. The average Bonchev–Trinajstić information content (AvgIpc) is 2.71. The van der Waals surface area contributed by atoms with Crippen molar-refractivity contribution in [3.05, 3.63) is 50.6 Å². The minimum absolute atomic E-state index is 0.0831. The third-order valence-corrected chi connectivity index (χ3v) is 3.10. The number of hydrogen-bond donors (Lipinski definition) is 0. The molecular formula is C18H24N2O10. The molecule has 1 aromatic carbocycles. The van der Waals surface area contributed by atoms with E-state index in [9.17, 15) is 29.8 Å². The van der Waals surface area contributed by atoms with Crippen molar-refractivity contribution in [1.82, 2.24) is 0 Å². The summed E-state index contributed by atoms with van der Waals surface area (Å²) in [5, 5.41) is 18.1. The fourth-order valence-corrected chi connectivity index (χ4v) is 1.91. The molecule has 166 valence electrons. The molecular weight excluding hydrogens is 404 g/mol. The van der Waals surface area contributed by atoms with Gasteiger partial charge in [-0.1, -0.05) is 26.5 Å². The van der Waals surface area contributed by atoms with Crippen molar-refractivity contribution in [3.8, 4) is 11.5 Å². The molecule has 0 spiro atoms. The third-order valence-electron chi connectivity index (χ3n) is 3.10. The van der Waals surface area contributed by atoms with Gasteiger partial charge in [-0.3, -0.25) is 9.59 Å². The van der Waals surface area contributed by atoms with Crippen LogP contribution in [-0.2, 0) is 19.3 Å². The van der Waals surface area contributed by atoms with Crippen LogP contribution < -0.4 is 9.47 Å². The number of ether oxygens (including phenoxy) is 2. The van der Waals surface area contributed by atoms with Crippen LogP contribution in [0.2, 0.25) is 0 Å². The van der Waals surface area contributed by atoms with E-state index < -0.39 is 22.1 Å². The van der Waals surface area contributed by atoms with Crippen molar-refractivity contribution < 1.29 is 38.9 Å². The average molecular weight is 428 g/mol. The maximum absolute atomic E-state index is 11.8. The van der Waals surface area contributed by atoms with Crippen LogP contribution in [0, 0.1) is 20.2 Å². The van der Waals surface area contributed by atoms with E-state index in [0.29, 0.717) is 5.56 Å². The van der Waals surface area contributed by atoms with Crippen molar-refractivity contribution in [2.75, 3.05) is 13.2 Å². The molecule has 0 aromatic heterocycles. The zero-order valence-electron chi connectivity index (χ0n) is 16.7. The molecule has 0 saturated heterocycles. The highest BCUT2D eigenvalue weighted by Gasteiger charge is 2.12. The van der Waals surface area contributed by atoms with E-state index >= 15 is 0 Å². The van der Waals surface area contributed by atoms with Gasteiger partial charge in [0.2, 0.25) is 0 Å². The number of carbonyl (C=O) groups excluding carboxylic acids is 2. The fraction of sp³-hybridized carbons (Fsp3) is 0.444. The van der Waals surface area contributed by atoms with Crippen molar-refractivity contribution in [1.29, 1.82) is 0 Å². The van der Waals surface area contributed by atoms with E-state index in [1.165, 1.54) is 24.3 Å². The highest BCUT2D eigenvalue weighted by molar-refractivity contribution is 5.75. The third kappa shape index (κ3) is 11.9. The van der Waals surface area contributed by atoms with Crippen LogP contribution >= 0.6 is 0 Å². The monoisotopic (exact) mass is 428 g/mol. The van der Waals surface area contributed by atoms with E-state index in [-0.39, 0.29) is 50.4 Å². The summed E-state index contributed by atoms with van der Waals surface area (Å²) in [5.74, 6) is -0.883. The second-order valence-corrected chi connectivity index (χ2v) is 5.17. The minimum atomic E-state index is -0.948. The largest absolute Gasteiger partial charge is 0.427 e. The Hall–Kier alpha value is -3.70. The molecule has 1 aromatic rings. The van der Waals surface area contributed by atoms with E-state index in [2.05, 4.69) is 16.3 Å². The number of carbonyl (C=O) groups is 2. The van der Waals surface area contributed by atoms with E-state index in [4.69, 9.17) is 9.47 Å². The molecule has 0 radical (unpaired) electrons. The van der Waals surface area contributed by atoms with E-state index in [0.717, 1.165) is 0 Å². The Morgan fingerprint density at radius 2 is 1.47 bits per heavy atom. The van der Waals surface area contributed by atoms with Gasteiger partial charge < -0.3 is 19.1 Å². The fourth-order valence-electron chi connectivity index (χ4n) is 1.91. The van der Waals surface area contributed by atoms with Crippen molar-refractivity contribution in [2.24, 2.45) is 0 Å². The number of nitrogens with zero attached hydrogens (tertiary/aromatic N) is 2. The molecule has 0 N–H and O–H groups in total. The summed E-state index contributed by atoms with van der Waals surface area (Å²) in [4.78, 5) is 51.7. The predicted molar refractivity (Wildman–Crippen MR) is 104 cm³/mol. The lowest BCUT2D eigenvalue weighted by atomic mass is 10.2. The minimum Gasteiger partial charge on any atom is -0.427 e. The van der Waals surface area contributed by atoms with E-state index in [1.807, 2.05) is 13.8 Å². The molecule has 0 heterocycles. The van der Waals surface area contributed by atoms with Gasteiger partial charge in [0.1, 0.15) is 11.5 Å². The van der Waals surface area contributed by atoms with Gasteiger partial charge in [-0.05, 0) is 31.0 Å². The molecule has 30 heavy (non-hydrogen) atoms. The standard InChI is InChI=1S/C16H18N2O10.C2H6/c1-2-12-11-13(27-15(19)5-3-9-25-17(21)22)7-8-14(12)28-16(20)6-4-10-26-18(23)24;1-2/h2,7-8,11H,1,3-6,9-10H2;1-2H3. The molecule has 12 heteroatoms. The van der Waals surface area contributed by atoms with Gasteiger partial charge in [-0.25, -0.2) is 0 Å². The Labute approximate surface area is 172 Å². The first-order chi connectivity index (χ1) is 14.3. The summed E-state index contributed by atoms with van der Waals surface area (Å²) in [6, 6.07) is 4.23. The molecule has 0 aliphatic carbocycles. The van der Waals surface area contributed by atoms with Gasteiger partial charge in [0.15, 0.2) is 0 Å². The maximum Gasteiger partial charge on any atom is 0.311 e. The van der Waals surface area contributed by atoms with Crippen molar-refractivity contribution in [3.63, 3.8) is 0 Å². The number of benzene rings is 1. The van der Waals surface area contributed by atoms with Crippen LogP contribution in [0.15, 0.2) is 24.8 Å². The molecule has 0 aliphatic heterocycles. The molecule has 12 nitrogen and oxygen atoms in total. The van der Waals surface area contributed by atoms with Crippen molar-refractivity contribution >= 4 is 18.0 Å². The topological polar surface area (TPSA) is 157 Å². The first kappa shape index (κ1) is 26.3. The lowest BCUT2D eigenvalue weighted by Crippen LogP contribution is -2.12. The molecule has 0 atom stereocenters. The summed E-state index contributed by atoms with van der Waals surface area (Å²) < 4.78 is 10.2. The van der Waals surface area contributed by atoms with Crippen LogP contribution in [0.25, 0.3) is 6.08 Å². The second-order valence-electron chi connectivity index (χ2n) is 5.17. The molecule has 0 fully saturated rings. The van der Waals surface area contributed by atoms with Crippen LogP contribution in [-0.4, -0.2) is 35.3 Å². The van der Waals surface area contributed by atoms with Crippen LogP contribution in [0.1, 0.15) is 45.1 Å². The summed E-state index contributed by atoms with van der Waals surface area (Å²) in [6.07, 6.45) is 1.44. The van der Waals surface area contributed by atoms with E-state index in [1.54, 1.807) is 0 Å². The summed E-state index contributed by atoms with van der Waals surface area (Å²) in [6.45, 7) is 7.14. The zero-order chi connectivity index (χ0) is 22.9. The number of hydrogen-bond acceptors (Lipinski definition) is 10. The number of rotatable bonds is 13. The lowest BCUT2D eigenvalue weighted by molar-refractivity contribution is -0.757. The Balaban J connectivity index is 0.00000407. The number of esters is 2. The lowest BCUT2D eigenvalue weighted by Gasteiger charge is -2.10. The first-order valence-corrected chi connectivity index (χ1v) is 9.04. The van der Waals surface area contributed by atoms with Gasteiger partial charge >= 0.3 is 11.9 Å². The SMILES string of the molecule is C=Cc1cc(OC(=O)CCCO[N+](=O)[O-])ccc1OC(=O)CCCO[N+](=O)[O-].CC. The normalized spacial score (nSPS) is 9.40. The van der Waals surface area contributed by atoms with Gasteiger partial charge in [-0.2, -0.15) is 0 Å². The van der Waals surface area contributed by atoms with Crippen molar-refractivity contribution in [2.45, 2.75) is 39.5 Å². The quantitative estimate of drug-likeness (QED) is 0.150. The maximum atomic E-state index is 11.8. The summed E-state index contributed by atoms with van der Waals surface area (Å²) in [7, 11) is 0. The molecule has 0 aliphatic rings. The molecule has 1 rings (SSSR count). The molecule has 0 bridgehead atoms. The zero-order valence-corrected chi connectivity index (χ0v) is 16.7. The predicted octanol–water partition coefficient (Wildman–Crippen LogP) is 3.14. The highest BCUT2D eigenvalue weighted by Crippen LogP contribution is 2.26. The second kappa shape index (κ2) is 15.2. The first-order valence-electron chi connectivity index (χ1n) is 9.04. The Morgan fingerprint density at radius 1 is 0.967 bits per heavy atom. The highest BCUT2D eigenvalue weighted by atomic mass is 17.0. The van der Waals surface area contributed by atoms with Gasteiger partial charge in [0, 0.05) is 18.4 Å².